The van der Waals surface area contributed by atoms with Gasteiger partial charge in [0.25, 0.3) is 0 Å². The van der Waals surface area contributed by atoms with Crippen molar-refractivity contribution in [3.8, 4) is 0 Å². The van der Waals surface area contributed by atoms with Crippen LogP contribution in [0, 0.1) is 0 Å². The number of carbonyl (C=O) groups is 1. The minimum atomic E-state index is 0.401. The lowest BCUT2D eigenvalue weighted by Crippen LogP contribution is -2.36. The van der Waals surface area contributed by atoms with E-state index in [-0.39, 0.29) is 0 Å². The maximum absolute atomic E-state index is 10.7. The van der Waals surface area contributed by atoms with Gasteiger partial charge < -0.3 is 9.64 Å². The molecule has 0 radical (unpaired) electrons. The molecule has 0 unspecified atom stereocenters. The van der Waals surface area contributed by atoms with E-state index in [0.717, 1.165) is 43.9 Å². The zero-order valence-electron chi connectivity index (χ0n) is 9.24. The van der Waals surface area contributed by atoms with Crippen LogP contribution in [0.25, 0.3) is 5.65 Å². The Morgan fingerprint density at radius 2 is 2.18 bits per heavy atom. The minimum Gasteiger partial charge on any atom is -0.378 e. The quantitative estimate of drug-likeness (QED) is 0.700. The van der Waals surface area contributed by atoms with Crippen molar-refractivity contribution >= 4 is 17.6 Å². The van der Waals surface area contributed by atoms with E-state index < -0.39 is 0 Å². The van der Waals surface area contributed by atoms with Crippen LogP contribution in [-0.4, -0.2) is 47.2 Å². The summed E-state index contributed by atoms with van der Waals surface area (Å²) in [5.41, 5.74) is 2.12. The monoisotopic (exact) mass is 232 g/mol. The largest absolute Gasteiger partial charge is 0.378 e. The van der Waals surface area contributed by atoms with E-state index in [1.165, 1.54) is 0 Å². The molecule has 1 aliphatic rings. The third-order valence-corrected chi connectivity index (χ3v) is 2.83. The number of fused-ring (bicyclic) bond motifs is 1. The van der Waals surface area contributed by atoms with Crippen molar-refractivity contribution in [3.63, 3.8) is 0 Å². The van der Waals surface area contributed by atoms with Crippen LogP contribution in [0.15, 0.2) is 18.5 Å². The number of morpholine rings is 1. The second-order valence-corrected chi connectivity index (χ2v) is 3.87. The molecule has 0 amide bonds. The van der Waals surface area contributed by atoms with Crippen molar-refractivity contribution in [2.75, 3.05) is 31.2 Å². The van der Waals surface area contributed by atoms with E-state index in [1.807, 2.05) is 6.07 Å². The predicted molar refractivity (Wildman–Crippen MR) is 61.4 cm³/mol. The number of aromatic nitrogens is 3. The topological polar surface area (TPSA) is 59.7 Å². The van der Waals surface area contributed by atoms with Gasteiger partial charge in [-0.3, -0.25) is 4.79 Å². The van der Waals surface area contributed by atoms with Gasteiger partial charge in [0, 0.05) is 13.1 Å². The number of nitrogens with zero attached hydrogens (tertiary/aromatic N) is 4. The van der Waals surface area contributed by atoms with Gasteiger partial charge in [0.2, 0.25) is 0 Å². The highest BCUT2D eigenvalue weighted by Crippen LogP contribution is 2.20. The molecule has 1 fully saturated rings. The lowest BCUT2D eigenvalue weighted by atomic mass is 10.3. The normalized spacial score (nSPS) is 16.4. The van der Waals surface area contributed by atoms with Crippen molar-refractivity contribution in [2.24, 2.45) is 0 Å². The highest BCUT2D eigenvalue weighted by atomic mass is 16.5. The summed E-state index contributed by atoms with van der Waals surface area (Å²) in [6.45, 7) is 3.11. The minimum absolute atomic E-state index is 0.401. The molecule has 17 heavy (non-hydrogen) atoms. The Morgan fingerprint density at radius 1 is 1.35 bits per heavy atom. The van der Waals surface area contributed by atoms with Crippen LogP contribution in [0.5, 0.6) is 0 Å². The van der Waals surface area contributed by atoms with Gasteiger partial charge in [-0.2, -0.15) is 5.10 Å². The van der Waals surface area contributed by atoms with E-state index in [1.54, 1.807) is 16.9 Å². The van der Waals surface area contributed by atoms with Crippen LogP contribution in [0.4, 0.5) is 5.69 Å². The molecule has 0 saturated carbocycles. The number of ether oxygens (including phenoxy) is 1. The molecule has 6 nitrogen and oxygen atoms in total. The van der Waals surface area contributed by atoms with Crippen LogP contribution in [-0.2, 0) is 4.74 Å². The van der Waals surface area contributed by atoms with Crippen molar-refractivity contribution in [1.82, 2.24) is 14.6 Å². The number of hydrogen-bond donors (Lipinski definition) is 0. The Labute approximate surface area is 97.8 Å². The summed E-state index contributed by atoms with van der Waals surface area (Å²) in [4.78, 5) is 17.2. The molecule has 1 saturated heterocycles. The molecule has 3 heterocycles. The molecule has 0 atom stereocenters. The smallest absolute Gasteiger partial charge is 0.177 e. The Morgan fingerprint density at radius 3 is 2.94 bits per heavy atom. The molecule has 88 valence electrons. The highest BCUT2D eigenvalue weighted by molar-refractivity contribution is 5.77. The molecule has 3 rings (SSSR count). The fraction of sp³-hybridized carbons (Fsp3) is 0.364. The predicted octanol–water partition coefficient (Wildman–Crippen LogP) is 0.378. The first kappa shape index (κ1) is 10.2. The summed E-state index contributed by atoms with van der Waals surface area (Å²) < 4.78 is 6.95. The molecular weight excluding hydrogens is 220 g/mol. The Kier molecular flexibility index (Phi) is 2.49. The van der Waals surface area contributed by atoms with Gasteiger partial charge in [-0.1, -0.05) is 0 Å². The number of hydrogen-bond acceptors (Lipinski definition) is 5. The fourth-order valence-electron chi connectivity index (χ4n) is 2.01. The summed E-state index contributed by atoms with van der Waals surface area (Å²) >= 11 is 0. The van der Waals surface area contributed by atoms with Crippen molar-refractivity contribution in [2.45, 2.75) is 0 Å². The van der Waals surface area contributed by atoms with Crippen LogP contribution in [0.2, 0.25) is 0 Å². The van der Waals surface area contributed by atoms with E-state index in [0.29, 0.717) is 5.69 Å². The molecule has 2 aromatic rings. The van der Waals surface area contributed by atoms with Gasteiger partial charge in [0.05, 0.1) is 31.3 Å². The number of anilines is 1. The number of imidazole rings is 1. The molecule has 1 aliphatic heterocycles. The Balaban J connectivity index is 2.08. The van der Waals surface area contributed by atoms with Crippen molar-refractivity contribution in [3.05, 3.63) is 24.2 Å². The number of carbonyl (C=O) groups excluding carboxylic acids is 1. The molecule has 0 spiro atoms. The van der Waals surface area contributed by atoms with Crippen molar-refractivity contribution < 1.29 is 9.53 Å². The molecule has 2 aromatic heterocycles. The van der Waals surface area contributed by atoms with Crippen molar-refractivity contribution in [1.29, 1.82) is 0 Å². The van der Waals surface area contributed by atoms with E-state index in [2.05, 4.69) is 15.0 Å². The SMILES string of the molecule is O=Cc1cn2nccc(N3CCOCC3)c2n1. The first-order valence-corrected chi connectivity index (χ1v) is 5.51. The van der Waals surface area contributed by atoms with Gasteiger partial charge in [-0.25, -0.2) is 9.50 Å². The van der Waals surface area contributed by atoms with Crippen LogP contribution >= 0.6 is 0 Å². The summed E-state index contributed by atoms with van der Waals surface area (Å²) in [6.07, 6.45) is 4.08. The zero-order valence-corrected chi connectivity index (χ0v) is 9.24. The van der Waals surface area contributed by atoms with E-state index in [9.17, 15) is 4.79 Å². The average Bonchev–Trinajstić information content (AvgIpc) is 2.82. The van der Waals surface area contributed by atoms with Crippen LogP contribution < -0.4 is 4.90 Å². The summed E-state index contributed by atoms with van der Waals surface area (Å²) in [5.74, 6) is 0. The van der Waals surface area contributed by atoms with Gasteiger partial charge >= 0.3 is 0 Å². The first-order valence-electron chi connectivity index (χ1n) is 5.51. The van der Waals surface area contributed by atoms with Gasteiger partial charge in [-0.15, -0.1) is 0 Å². The molecule has 0 N–H and O–H groups in total. The Hall–Kier alpha value is -1.95. The molecular formula is C11H12N4O2. The van der Waals surface area contributed by atoms with Gasteiger partial charge in [-0.05, 0) is 6.07 Å². The molecule has 0 aromatic carbocycles. The third-order valence-electron chi connectivity index (χ3n) is 2.83. The number of aldehydes is 1. The highest BCUT2D eigenvalue weighted by Gasteiger charge is 2.16. The molecule has 0 bridgehead atoms. The first-order chi connectivity index (χ1) is 8.38. The number of rotatable bonds is 2. The Bertz CT molecular complexity index is 545. The molecule has 6 heteroatoms. The fourth-order valence-corrected chi connectivity index (χ4v) is 2.01. The molecule has 0 aliphatic carbocycles. The lowest BCUT2D eigenvalue weighted by molar-refractivity contribution is 0.111. The van der Waals surface area contributed by atoms with Crippen LogP contribution in [0.3, 0.4) is 0 Å². The third kappa shape index (κ3) is 1.76. The van der Waals surface area contributed by atoms with Crippen LogP contribution in [0.1, 0.15) is 10.5 Å². The zero-order chi connectivity index (χ0) is 11.7. The van der Waals surface area contributed by atoms with Gasteiger partial charge in [0.1, 0.15) is 5.69 Å². The lowest BCUT2D eigenvalue weighted by Gasteiger charge is -2.28. The summed E-state index contributed by atoms with van der Waals surface area (Å²) in [7, 11) is 0. The van der Waals surface area contributed by atoms with E-state index >= 15 is 0 Å². The standard InChI is InChI=1S/C11H12N4O2/c16-8-9-7-15-11(13-9)10(1-2-12-15)14-3-5-17-6-4-14/h1-2,7-8H,3-6H2. The van der Waals surface area contributed by atoms with E-state index in [4.69, 9.17) is 4.74 Å². The maximum atomic E-state index is 10.7. The maximum Gasteiger partial charge on any atom is 0.177 e. The summed E-state index contributed by atoms with van der Waals surface area (Å²) in [5, 5.41) is 4.14. The average molecular weight is 232 g/mol. The second-order valence-electron chi connectivity index (χ2n) is 3.87. The summed E-state index contributed by atoms with van der Waals surface area (Å²) in [6, 6.07) is 1.92. The second kappa shape index (κ2) is 4.14. The van der Waals surface area contributed by atoms with Gasteiger partial charge in [0.15, 0.2) is 11.9 Å².